The van der Waals surface area contributed by atoms with Crippen molar-refractivity contribution in [3.63, 3.8) is 0 Å². The Morgan fingerprint density at radius 3 is 2.73 bits per heavy atom. The van der Waals surface area contributed by atoms with E-state index in [2.05, 4.69) is 10.2 Å². The smallest absolute Gasteiger partial charge is 0.192 e. The van der Waals surface area contributed by atoms with Gasteiger partial charge in [0.25, 0.3) is 0 Å². The first-order chi connectivity index (χ1) is 12.7. The average Bonchev–Trinajstić information content (AvgIpc) is 3.29. The fraction of sp³-hybridized carbons (Fsp3) is 0.526. The number of aromatic nitrogens is 3. The van der Waals surface area contributed by atoms with E-state index in [1.54, 1.807) is 12.1 Å². The Kier molecular flexibility index (Phi) is 5.36. The van der Waals surface area contributed by atoms with Gasteiger partial charge >= 0.3 is 0 Å². The van der Waals surface area contributed by atoms with E-state index < -0.39 is 0 Å². The van der Waals surface area contributed by atoms with E-state index in [1.807, 2.05) is 4.57 Å². The van der Waals surface area contributed by atoms with Crippen LogP contribution >= 0.6 is 11.8 Å². The summed E-state index contributed by atoms with van der Waals surface area (Å²) in [6.45, 7) is 1.44. The maximum Gasteiger partial charge on any atom is 0.192 e. The topological polar surface area (TPSA) is 57.0 Å². The minimum atomic E-state index is -0.277. The zero-order valence-electron chi connectivity index (χ0n) is 14.6. The number of hydrogen-bond donors (Lipinski definition) is 0. The van der Waals surface area contributed by atoms with E-state index in [9.17, 15) is 9.18 Å². The fourth-order valence-corrected chi connectivity index (χ4v) is 4.71. The molecule has 1 saturated carbocycles. The molecule has 2 aromatic rings. The maximum absolute atomic E-state index is 13.3. The van der Waals surface area contributed by atoms with E-state index in [0.717, 1.165) is 49.4 Å². The van der Waals surface area contributed by atoms with E-state index in [0.29, 0.717) is 24.6 Å². The standard InChI is InChI=1S/C19H22FN3O2S/c20-14-9-7-13(8-10-14)18-21-22-19(23(18)12-15-4-3-11-25-15)26-17-6-2-1-5-16(17)24/h7-10,15,17H,1-6,11-12H2. The SMILES string of the molecule is O=C1CCCCC1Sc1nnc(-c2ccc(F)cc2)n1CC1CCCO1. The van der Waals surface area contributed by atoms with Crippen LogP contribution in [0.4, 0.5) is 4.39 Å². The lowest BCUT2D eigenvalue weighted by atomic mass is 9.99. The molecule has 2 atom stereocenters. The molecule has 4 rings (SSSR count). The van der Waals surface area contributed by atoms with Crippen molar-refractivity contribution in [1.29, 1.82) is 0 Å². The lowest BCUT2D eigenvalue weighted by molar-refractivity contribution is -0.119. The summed E-state index contributed by atoms with van der Waals surface area (Å²) in [5.74, 6) is 0.726. The summed E-state index contributed by atoms with van der Waals surface area (Å²) in [5.41, 5.74) is 0.818. The number of Topliss-reactive ketones (excluding diaryl/α,β-unsaturated/α-hetero) is 1. The van der Waals surface area contributed by atoms with Gasteiger partial charge in [0.1, 0.15) is 11.6 Å². The Morgan fingerprint density at radius 2 is 2.00 bits per heavy atom. The van der Waals surface area contributed by atoms with Crippen LogP contribution in [0.2, 0.25) is 0 Å². The van der Waals surface area contributed by atoms with Crippen LogP contribution < -0.4 is 0 Å². The van der Waals surface area contributed by atoms with Crippen LogP contribution in [0, 0.1) is 5.82 Å². The van der Waals surface area contributed by atoms with Crippen LogP contribution in [0.5, 0.6) is 0 Å². The molecule has 1 aliphatic carbocycles. The number of halogens is 1. The van der Waals surface area contributed by atoms with E-state index >= 15 is 0 Å². The van der Waals surface area contributed by atoms with Gasteiger partial charge < -0.3 is 4.74 Å². The van der Waals surface area contributed by atoms with Crippen molar-refractivity contribution in [2.75, 3.05) is 6.61 Å². The minimum absolute atomic E-state index is 0.0442. The largest absolute Gasteiger partial charge is 0.376 e. The Bertz CT molecular complexity index is 772. The van der Waals surface area contributed by atoms with Crippen molar-refractivity contribution < 1.29 is 13.9 Å². The maximum atomic E-state index is 13.3. The molecule has 7 heteroatoms. The monoisotopic (exact) mass is 375 g/mol. The van der Waals surface area contributed by atoms with Crippen molar-refractivity contribution in [3.8, 4) is 11.4 Å². The van der Waals surface area contributed by atoms with Gasteiger partial charge in [-0.25, -0.2) is 4.39 Å². The van der Waals surface area contributed by atoms with Gasteiger partial charge in [-0.15, -0.1) is 10.2 Å². The molecule has 2 fully saturated rings. The highest BCUT2D eigenvalue weighted by Crippen LogP contribution is 2.33. The normalized spacial score (nSPS) is 23.5. The zero-order valence-corrected chi connectivity index (χ0v) is 15.4. The summed E-state index contributed by atoms with van der Waals surface area (Å²) in [5, 5.41) is 9.42. The number of ether oxygens (including phenoxy) is 1. The average molecular weight is 375 g/mol. The number of ketones is 1. The number of hydrogen-bond acceptors (Lipinski definition) is 5. The van der Waals surface area contributed by atoms with Gasteiger partial charge in [0.2, 0.25) is 0 Å². The van der Waals surface area contributed by atoms with Gasteiger partial charge in [-0.2, -0.15) is 0 Å². The second-order valence-corrected chi connectivity index (χ2v) is 8.05. The van der Waals surface area contributed by atoms with Crippen LogP contribution in [0.1, 0.15) is 38.5 Å². The Morgan fingerprint density at radius 1 is 1.15 bits per heavy atom. The minimum Gasteiger partial charge on any atom is -0.376 e. The van der Waals surface area contributed by atoms with Gasteiger partial charge in [-0.05, 0) is 49.9 Å². The number of benzene rings is 1. The van der Waals surface area contributed by atoms with Gasteiger partial charge in [0.05, 0.1) is 17.9 Å². The first-order valence-corrected chi connectivity index (χ1v) is 10.1. The molecular weight excluding hydrogens is 353 g/mol. The van der Waals surface area contributed by atoms with Crippen LogP contribution in [0.15, 0.2) is 29.4 Å². The molecule has 1 aromatic carbocycles. The summed E-state index contributed by atoms with van der Waals surface area (Å²) >= 11 is 1.51. The molecule has 26 heavy (non-hydrogen) atoms. The molecule has 138 valence electrons. The summed E-state index contributed by atoms with van der Waals surface area (Å²) in [4.78, 5) is 12.2. The molecule has 1 aliphatic heterocycles. The number of carbonyl (C=O) groups excluding carboxylic acids is 1. The van der Waals surface area contributed by atoms with Gasteiger partial charge in [-0.1, -0.05) is 18.2 Å². The molecule has 1 aromatic heterocycles. The quantitative estimate of drug-likeness (QED) is 0.794. The highest BCUT2D eigenvalue weighted by Gasteiger charge is 2.28. The molecule has 5 nitrogen and oxygen atoms in total. The van der Waals surface area contributed by atoms with Crippen LogP contribution in [0.25, 0.3) is 11.4 Å². The van der Waals surface area contributed by atoms with Crippen molar-refractivity contribution in [3.05, 3.63) is 30.1 Å². The fourth-order valence-electron chi connectivity index (χ4n) is 3.55. The molecule has 0 spiro atoms. The van der Waals surface area contributed by atoms with Crippen molar-refractivity contribution in [2.45, 2.75) is 61.6 Å². The summed E-state index contributed by atoms with van der Waals surface area (Å²) in [6.07, 6.45) is 5.81. The van der Waals surface area contributed by atoms with E-state index in [1.165, 1.54) is 23.9 Å². The number of carbonyl (C=O) groups is 1. The summed E-state index contributed by atoms with van der Waals surface area (Å²) in [6, 6.07) is 6.28. The molecule has 0 amide bonds. The highest BCUT2D eigenvalue weighted by molar-refractivity contribution is 8.00. The van der Waals surface area contributed by atoms with Gasteiger partial charge in [0, 0.05) is 18.6 Å². The Labute approximate surface area is 156 Å². The molecule has 0 N–H and O–H groups in total. The molecular formula is C19H22FN3O2S. The zero-order chi connectivity index (χ0) is 17.9. The number of rotatable bonds is 5. The van der Waals surface area contributed by atoms with Crippen molar-refractivity contribution in [2.24, 2.45) is 0 Å². The van der Waals surface area contributed by atoms with E-state index in [4.69, 9.17) is 4.74 Å². The third kappa shape index (κ3) is 3.83. The Balaban J connectivity index is 1.63. The van der Waals surface area contributed by atoms with Crippen LogP contribution in [0.3, 0.4) is 0 Å². The first-order valence-electron chi connectivity index (χ1n) is 9.21. The van der Waals surface area contributed by atoms with Crippen LogP contribution in [-0.4, -0.2) is 38.5 Å². The third-order valence-electron chi connectivity index (χ3n) is 4.98. The summed E-state index contributed by atoms with van der Waals surface area (Å²) in [7, 11) is 0. The Hall–Kier alpha value is -1.73. The highest BCUT2D eigenvalue weighted by atomic mass is 32.2. The van der Waals surface area contributed by atoms with Crippen LogP contribution in [-0.2, 0) is 16.1 Å². The molecule has 0 radical (unpaired) electrons. The number of thioether (sulfide) groups is 1. The van der Waals surface area contributed by atoms with Gasteiger partial charge in [0.15, 0.2) is 11.0 Å². The first kappa shape index (κ1) is 17.7. The second-order valence-electron chi connectivity index (χ2n) is 6.88. The van der Waals surface area contributed by atoms with Crippen molar-refractivity contribution in [1.82, 2.24) is 14.8 Å². The lowest BCUT2D eigenvalue weighted by Gasteiger charge is -2.20. The lowest BCUT2D eigenvalue weighted by Crippen LogP contribution is -2.23. The second kappa shape index (κ2) is 7.88. The third-order valence-corrected chi connectivity index (χ3v) is 6.27. The van der Waals surface area contributed by atoms with Crippen molar-refractivity contribution >= 4 is 17.5 Å². The van der Waals surface area contributed by atoms with E-state index in [-0.39, 0.29) is 17.2 Å². The molecule has 2 heterocycles. The molecule has 2 unspecified atom stereocenters. The number of nitrogens with zero attached hydrogens (tertiary/aromatic N) is 3. The summed E-state index contributed by atoms with van der Waals surface area (Å²) < 4.78 is 21.1. The predicted octanol–water partition coefficient (Wildman–Crippen LogP) is 3.87. The van der Waals surface area contributed by atoms with Gasteiger partial charge in [-0.3, -0.25) is 9.36 Å². The predicted molar refractivity (Wildman–Crippen MR) is 97.5 cm³/mol. The molecule has 1 saturated heterocycles. The molecule has 0 bridgehead atoms. The molecule has 2 aliphatic rings.